The van der Waals surface area contributed by atoms with E-state index < -0.39 is 39.8 Å². The topological polar surface area (TPSA) is 66.5 Å². The molecule has 0 atom stereocenters. The molecule has 0 fully saturated rings. The van der Waals surface area contributed by atoms with E-state index in [1.807, 2.05) is 0 Å². The first-order valence-electron chi connectivity index (χ1n) is 8.19. The second-order valence-corrected chi connectivity index (χ2v) is 8.87. The summed E-state index contributed by atoms with van der Waals surface area (Å²) >= 11 is 1.40. The Hall–Kier alpha value is -2.20. The van der Waals surface area contributed by atoms with Gasteiger partial charge in [0.25, 0.3) is 0 Å². The monoisotopic (exact) mass is 432 g/mol. The van der Waals surface area contributed by atoms with Gasteiger partial charge in [-0.25, -0.2) is 21.6 Å². The molecule has 2 aromatic carbocycles. The molecule has 0 spiro atoms. The molecule has 5 nitrogen and oxygen atoms in total. The molecule has 0 aliphatic rings. The zero-order valence-electron chi connectivity index (χ0n) is 15.0. The second-order valence-electron chi connectivity index (χ2n) is 5.86. The van der Waals surface area contributed by atoms with Gasteiger partial charge in [-0.1, -0.05) is 18.2 Å². The minimum Gasteiger partial charge on any atom is -0.354 e. The van der Waals surface area contributed by atoms with Crippen molar-refractivity contribution in [1.29, 1.82) is 0 Å². The van der Waals surface area contributed by atoms with E-state index in [2.05, 4.69) is 5.32 Å². The molecule has 0 bridgehead atoms. The maximum Gasteiger partial charge on any atom is 0.240 e. The summed E-state index contributed by atoms with van der Waals surface area (Å²) in [4.78, 5) is 12.1. The molecule has 2 rings (SSSR count). The van der Waals surface area contributed by atoms with Crippen LogP contribution in [0, 0.1) is 17.5 Å². The SMILES string of the molecule is CS(=O)(=O)N(CC(=O)NCCSCc1ccccc1F)c1ccc(F)cc1F. The lowest BCUT2D eigenvalue weighted by molar-refractivity contribution is -0.119. The zero-order chi connectivity index (χ0) is 20.7. The number of nitrogens with one attached hydrogen (secondary N) is 1. The van der Waals surface area contributed by atoms with Crippen LogP contribution in [0.4, 0.5) is 18.9 Å². The molecule has 2 aromatic rings. The van der Waals surface area contributed by atoms with E-state index in [1.165, 1.54) is 17.8 Å². The molecule has 0 aliphatic carbocycles. The fourth-order valence-corrected chi connectivity index (χ4v) is 4.01. The van der Waals surface area contributed by atoms with E-state index in [0.717, 1.165) is 18.4 Å². The van der Waals surface area contributed by atoms with Crippen LogP contribution in [0.25, 0.3) is 0 Å². The number of benzene rings is 2. The molecule has 1 amide bonds. The van der Waals surface area contributed by atoms with Crippen LogP contribution in [0.5, 0.6) is 0 Å². The predicted molar refractivity (Wildman–Crippen MR) is 104 cm³/mol. The maximum atomic E-state index is 13.9. The summed E-state index contributed by atoms with van der Waals surface area (Å²) in [7, 11) is -3.96. The van der Waals surface area contributed by atoms with Gasteiger partial charge in [0.15, 0.2) is 0 Å². The number of halogens is 3. The molecule has 0 saturated carbocycles. The third kappa shape index (κ3) is 6.45. The highest BCUT2D eigenvalue weighted by Gasteiger charge is 2.23. The molecule has 0 aromatic heterocycles. The Morgan fingerprint density at radius 3 is 2.46 bits per heavy atom. The van der Waals surface area contributed by atoms with Gasteiger partial charge in [-0.15, -0.1) is 0 Å². The lowest BCUT2D eigenvalue weighted by Crippen LogP contribution is -2.41. The van der Waals surface area contributed by atoms with Gasteiger partial charge in [-0.05, 0) is 23.8 Å². The van der Waals surface area contributed by atoms with Crippen molar-refractivity contribution in [2.24, 2.45) is 0 Å². The van der Waals surface area contributed by atoms with E-state index in [-0.39, 0.29) is 12.4 Å². The lowest BCUT2D eigenvalue weighted by atomic mass is 10.2. The molecule has 10 heteroatoms. The molecular weight excluding hydrogens is 413 g/mol. The van der Waals surface area contributed by atoms with E-state index in [4.69, 9.17) is 0 Å². The highest BCUT2D eigenvalue weighted by molar-refractivity contribution is 7.98. The lowest BCUT2D eigenvalue weighted by Gasteiger charge is -2.22. The van der Waals surface area contributed by atoms with Gasteiger partial charge in [-0.3, -0.25) is 9.10 Å². The van der Waals surface area contributed by atoms with Crippen LogP contribution in [0.3, 0.4) is 0 Å². The van der Waals surface area contributed by atoms with E-state index in [0.29, 0.717) is 27.4 Å². The smallest absolute Gasteiger partial charge is 0.240 e. The normalized spacial score (nSPS) is 11.3. The molecule has 0 aliphatic heterocycles. The largest absolute Gasteiger partial charge is 0.354 e. The van der Waals surface area contributed by atoms with Crippen LogP contribution in [-0.4, -0.2) is 39.4 Å². The minimum absolute atomic E-state index is 0.224. The first-order valence-corrected chi connectivity index (χ1v) is 11.2. The number of hydrogen-bond donors (Lipinski definition) is 1. The molecule has 0 heterocycles. The summed E-state index contributed by atoms with van der Waals surface area (Å²) in [5, 5.41) is 2.53. The number of sulfonamides is 1. The Bertz CT molecular complexity index is 939. The van der Waals surface area contributed by atoms with Crippen LogP contribution < -0.4 is 9.62 Å². The first kappa shape index (κ1) is 22.1. The molecule has 0 radical (unpaired) electrons. The average molecular weight is 432 g/mol. The van der Waals surface area contributed by atoms with Crippen LogP contribution >= 0.6 is 11.8 Å². The van der Waals surface area contributed by atoms with E-state index in [1.54, 1.807) is 18.2 Å². The quantitative estimate of drug-likeness (QED) is 0.619. The number of carbonyl (C=O) groups excluding carboxylic acids is 1. The Balaban J connectivity index is 1.88. The van der Waals surface area contributed by atoms with Crippen LogP contribution in [0.15, 0.2) is 42.5 Å². The van der Waals surface area contributed by atoms with Gasteiger partial charge >= 0.3 is 0 Å². The van der Waals surface area contributed by atoms with Crippen molar-refractivity contribution >= 4 is 33.4 Å². The van der Waals surface area contributed by atoms with Gasteiger partial charge in [-0.2, -0.15) is 11.8 Å². The summed E-state index contributed by atoms with van der Waals surface area (Å²) in [6.45, 7) is -0.416. The summed E-state index contributed by atoms with van der Waals surface area (Å²) < 4.78 is 64.9. The molecular formula is C18H19F3N2O3S2. The van der Waals surface area contributed by atoms with Gasteiger partial charge in [0.2, 0.25) is 15.9 Å². The number of rotatable bonds is 9. The second kappa shape index (κ2) is 9.83. The molecule has 0 unspecified atom stereocenters. The van der Waals surface area contributed by atoms with Crippen molar-refractivity contribution in [3.05, 3.63) is 65.5 Å². The van der Waals surface area contributed by atoms with Crippen molar-refractivity contribution in [2.45, 2.75) is 5.75 Å². The fourth-order valence-electron chi connectivity index (χ4n) is 2.31. The first-order chi connectivity index (χ1) is 13.2. The maximum absolute atomic E-state index is 13.9. The number of carbonyl (C=O) groups is 1. The molecule has 152 valence electrons. The summed E-state index contributed by atoms with van der Waals surface area (Å²) in [6.07, 6.45) is 0.827. The van der Waals surface area contributed by atoms with Gasteiger partial charge in [0.05, 0.1) is 11.9 Å². The average Bonchev–Trinajstić information content (AvgIpc) is 2.60. The number of hydrogen-bond acceptors (Lipinski definition) is 4. The van der Waals surface area contributed by atoms with E-state index >= 15 is 0 Å². The van der Waals surface area contributed by atoms with Crippen molar-refractivity contribution < 1.29 is 26.4 Å². The Morgan fingerprint density at radius 1 is 1.11 bits per heavy atom. The summed E-state index contributed by atoms with van der Waals surface area (Å²) in [5.74, 6) is -1.97. The van der Waals surface area contributed by atoms with Crippen LogP contribution in [0.2, 0.25) is 0 Å². The number of amides is 1. The number of thioether (sulfide) groups is 1. The predicted octanol–water partition coefficient (Wildman–Crippen LogP) is 2.92. The van der Waals surface area contributed by atoms with E-state index in [9.17, 15) is 26.4 Å². The third-order valence-corrected chi connectivity index (χ3v) is 5.78. The highest BCUT2D eigenvalue weighted by Crippen LogP contribution is 2.22. The molecule has 1 N–H and O–H groups in total. The Kier molecular flexibility index (Phi) is 7.76. The summed E-state index contributed by atoms with van der Waals surface area (Å²) in [6, 6.07) is 8.78. The van der Waals surface area contributed by atoms with Crippen molar-refractivity contribution in [3.63, 3.8) is 0 Å². The Labute approximate surface area is 166 Å². The number of nitrogens with zero attached hydrogens (tertiary/aromatic N) is 1. The highest BCUT2D eigenvalue weighted by atomic mass is 32.2. The fraction of sp³-hybridized carbons (Fsp3) is 0.278. The zero-order valence-corrected chi connectivity index (χ0v) is 16.6. The molecule has 28 heavy (non-hydrogen) atoms. The van der Waals surface area contributed by atoms with Gasteiger partial charge in [0.1, 0.15) is 24.0 Å². The molecule has 0 saturated heterocycles. The Morgan fingerprint density at radius 2 is 1.82 bits per heavy atom. The van der Waals surface area contributed by atoms with Crippen LogP contribution in [0.1, 0.15) is 5.56 Å². The van der Waals surface area contributed by atoms with Gasteiger partial charge < -0.3 is 5.32 Å². The summed E-state index contributed by atoms with van der Waals surface area (Å²) in [5.41, 5.74) is 0.141. The van der Waals surface area contributed by atoms with Crippen molar-refractivity contribution in [1.82, 2.24) is 5.32 Å². The standard InChI is InChI=1S/C18H19F3N2O3S2/c1-28(25,26)23(17-7-6-14(19)10-16(17)21)11-18(24)22-8-9-27-12-13-4-2-3-5-15(13)20/h2-7,10H,8-9,11-12H2,1H3,(H,22,24). The van der Waals surface area contributed by atoms with Crippen molar-refractivity contribution in [3.8, 4) is 0 Å². The number of anilines is 1. The van der Waals surface area contributed by atoms with Crippen molar-refractivity contribution in [2.75, 3.05) is 29.4 Å². The minimum atomic E-state index is -3.96. The van der Waals surface area contributed by atoms with Gasteiger partial charge in [0, 0.05) is 24.1 Å². The van der Waals surface area contributed by atoms with Crippen LogP contribution in [-0.2, 0) is 20.6 Å². The third-order valence-electron chi connectivity index (χ3n) is 3.65.